The van der Waals surface area contributed by atoms with Crippen molar-refractivity contribution < 1.29 is 13.2 Å². The van der Waals surface area contributed by atoms with Crippen LogP contribution in [-0.2, 0) is 17.1 Å². The van der Waals surface area contributed by atoms with Crippen LogP contribution in [0.5, 0.6) is 0 Å². The van der Waals surface area contributed by atoms with E-state index in [-0.39, 0.29) is 16.6 Å². The maximum atomic E-state index is 12.4. The van der Waals surface area contributed by atoms with Crippen molar-refractivity contribution in [3.05, 3.63) is 18.0 Å². The molecule has 118 valence electrons. The number of carbonyl (C=O) groups is 1. The number of hydrogen-bond acceptors (Lipinski definition) is 4. The molecule has 0 aromatic carbocycles. The molecular weight excluding hydrogens is 292 g/mol. The van der Waals surface area contributed by atoms with E-state index in [4.69, 9.17) is 5.84 Å². The Kier molecular flexibility index (Phi) is 4.70. The topological polar surface area (TPSA) is 106 Å². The number of nitrogens with two attached hydrogens (primary N) is 1. The van der Waals surface area contributed by atoms with Gasteiger partial charge >= 0.3 is 0 Å². The van der Waals surface area contributed by atoms with Gasteiger partial charge in [-0.1, -0.05) is 6.92 Å². The Balaban J connectivity index is 2.14. The zero-order valence-corrected chi connectivity index (χ0v) is 13.1. The van der Waals surface area contributed by atoms with Crippen molar-refractivity contribution in [2.75, 3.05) is 0 Å². The molecule has 4 N–H and O–H groups in total. The summed E-state index contributed by atoms with van der Waals surface area (Å²) in [4.78, 5) is 11.6. The Morgan fingerprint density at radius 3 is 2.52 bits per heavy atom. The van der Waals surface area contributed by atoms with Gasteiger partial charge < -0.3 is 4.57 Å². The van der Waals surface area contributed by atoms with Crippen LogP contribution < -0.4 is 16.0 Å². The zero-order chi connectivity index (χ0) is 15.6. The Labute approximate surface area is 124 Å². The third kappa shape index (κ3) is 3.63. The lowest BCUT2D eigenvalue weighted by Gasteiger charge is -2.26. The summed E-state index contributed by atoms with van der Waals surface area (Å²) < 4.78 is 28.9. The van der Waals surface area contributed by atoms with Gasteiger partial charge in [-0.05, 0) is 37.7 Å². The van der Waals surface area contributed by atoms with E-state index in [2.05, 4.69) is 11.6 Å². The van der Waals surface area contributed by atoms with E-state index in [0.717, 1.165) is 25.7 Å². The SMILES string of the molecule is CC1CCC(NS(=O)(=O)c2cc(C(=O)NN)n(C)c2)CC1. The molecule has 0 unspecified atom stereocenters. The molecule has 8 heteroatoms. The van der Waals surface area contributed by atoms with Crippen LogP contribution in [0.2, 0.25) is 0 Å². The second-order valence-corrected chi connectivity index (χ2v) is 7.44. The number of rotatable bonds is 4. The zero-order valence-electron chi connectivity index (χ0n) is 12.3. The largest absolute Gasteiger partial charge is 0.345 e. The molecule has 1 aliphatic carbocycles. The predicted molar refractivity (Wildman–Crippen MR) is 78.8 cm³/mol. The number of nitrogens with zero attached hydrogens (tertiary/aromatic N) is 1. The van der Waals surface area contributed by atoms with Gasteiger partial charge in [0.25, 0.3) is 5.91 Å². The van der Waals surface area contributed by atoms with Gasteiger partial charge in [-0.3, -0.25) is 10.2 Å². The Bertz CT molecular complexity index is 615. The van der Waals surface area contributed by atoms with Gasteiger partial charge in [-0.15, -0.1) is 0 Å². The third-order valence-electron chi connectivity index (χ3n) is 3.99. The minimum atomic E-state index is -3.61. The van der Waals surface area contributed by atoms with Crippen molar-refractivity contribution in [1.29, 1.82) is 0 Å². The average molecular weight is 314 g/mol. The summed E-state index contributed by atoms with van der Waals surface area (Å²) in [7, 11) is -2.01. The highest BCUT2D eigenvalue weighted by atomic mass is 32.2. The lowest BCUT2D eigenvalue weighted by Crippen LogP contribution is -2.37. The van der Waals surface area contributed by atoms with Gasteiger partial charge in [-0.25, -0.2) is 19.0 Å². The number of amides is 1. The fraction of sp³-hybridized carbons (Fsp3) is 0.615. The summed E-state index contributed by atoms with van der Waals surface area (Å²) in [5, 5.41) is 0. The van der Waals surface area contributed by atoms with E-state index in [1.54, 1.807) is 7.05 Å². The molecule has 2 rings (SSSR count). The molecule has 0 spiro atoms. The van der Waals surface area contributed by atoms with Crippen molar-refractivity contribution in [2.24, 2.45) is 18.8 Å². The van der Waals surface area contributed by atoms with E-state index >= 15 is 0 Å². The molecule has 1 aromatic rings. The normalized spacial score (nSPS) is 23.0. The van der Waals surface area contributed by atoms with Gasteiger partial charge in [0, 0.05) is 19.3 Å². The summed E-state index contributed by atoms with van der Waals surface area (Å²) in [6.45, 7) is 2.18. The molecule has 0 bridgehead atoms. The number of aromatic nitrogens is 1. The van der Waals surface area contributed by atoms with Crippen LogP contribution in [0.25, 0.3) is 0 Å². The molecule has 21 heavy (non-hydrogen) atoms. The molecule has 0 saturated heterocycles. The fourth-order valence-electron chi connectivity index (χ4n) is 2.65. The second kappa shape index (κ2) is 6.17. The predicted octanol–water partition coefficient (Wildman–Crippen LogP) is 0.486. The minimum absolute atomic E-state index is 0.0295. The van der Waals surface area contributed by atoms with Gasteiger partial charge in [-0.2, -0.15) is 0 Å². The smallest absolute Gasteiger partial charge is 0.281 e. The molecule has 0 aliphatic heterocycles. The maximum absolute atomic E-state index is 12.4. The van der Waals surface area contributed by atoms with Crippen LogP contribution in [0.15, 0.2) is 17.2 Å². The first kappa shape index (κ1) is 16.0. The quantitative estimate of drug-likeness (QED) is 0.427. The number of hydrogen-bond donors (Lipinski definition) is 3. The molecule has 1 aliphatic rings. The summed E-state index contributed by atoms with van der Waals surface area (Å²) in [6.07, 6.45) is 5.18. The molecular formula is C13H22N4O3S. The summed E-state index contributed by atoms with van der Waals surface area (Å²) in [5.41, 5.74) is 2.20. The van der Waals surface area contributed by atoms with Gasteiger partial charge in [0.05, 0.1) is 0 Å². The number of sulfonamides is 1. The van der Waals surface area contributed by atoms with Crippen LogP contribution in [0.4, 0.5) is 0 Å². The van der Waals surface area contributed by atoms with Crippen molar-refractivity contribution in [1.82, 2.24) is 14.7 Å². The Morgan fingerprint density at radius 2 is 1.95 bits per heavy atom. The van der Waals surface area contributed by atoms with E-state index in [9.17, 15) is 13.2 Å². The Morgan fingerprint density at radius 1 is 1.33 bits per heavy atom. The molecule has 1 aromatic heterocycles. The standard InChI is InChI=1S/C13H22N4O3S/c1-9-3-5-10(6-4-9)16-21(19,20)11-7-12(13(18)15-14)17(2)8-11/h7-10,16H,3-6,14H2,1-2H3,(H,15,18). The lowest BCUT2D eigenvalue weighted by molar-refractivity contribution is 0.0945. The molecule has 1 amide bonds. The Hall–Kier alpha value is -1.38. The highest BCUT2D eigenvalue weighted by Gasteiger charge is 2.26. The average Bonchev–Trinajstić information content (AvgIpc) is 2.83. The molecule has 1 heterocycles. The second-order valence-electron chi connectivity index (χ2n) is 5.72. The summed E-state index contributed by atoms with van der Waals surface area (Å²) in [5.74, 6) is 5.21. The molecule has 0 radical (unpaired) electrons. The summed E-state index contributed by atoms with van der Waals surface area (Å²) >= 11 is 0. The van der Waals surface area contributed by atoms with Crippen molar-refractivity contribution in [3.8, 4) is 0 Å². The first-order valence-corrected chi connectivity index (χ1v) is 8.51. The fourth-order valence-corrected chi connectivity index (χ4v) is 4.02. The van der Waals surface area contributed by atoms with Gasteiger partial charge in [0.15, 0.2) is 0 Å². The monoisotopic (exact) mass is 314 g/mol. The number of carbonyl (C=O) groups excluding carboxylic acids is 1. The lowest BCUT2D eigenvalue weighted by atomic mass is 9.88. The van der Waals surface area contributed by atoms with E-state index in [0.29, 0.717) is 5.92 Å². The summed E-state index contributed by atoms with van der Waals surface area (Å²) in [6, 6.07) is 1.30. The number of hydrazine groups is 1. The first-order valence-electron chi connectivity index (χ1n) is 7.03. The van der Waals surface area contributed by atoms with Crippen LogP contribution in [0.3, 0.4) is 0 Å². The van der Waals surface area contributed by atoms with Crippen molar-refractivity contribution in [3.63, 3.8) is 0 Å². The van der Waals surface area contributed by atoms with Crippen LogP contribution in [0.1, 0.15) is 43.1 Å². The van der Waals surface area contributed by atoms with Crippen LogP contribution in [-0.4, -0.2) is 24.9 Å². The van der Waals surface area contributed by atoms with Gasteiger partial charge in [0.2, 0.25) is 10.0 Å². The van der Waals surface area contributed by atoms with E-state index in [1.807, 2.05) is 5.43 Å². The maximum Gasteiger partial charge on any atom is 0.281 e. The molecule has 1 saturated carbocycles. The van der Waals surface area contributed by atoms with E-state index < -0.39 is 15.9 Å². The van der Waals surface area contributed by atoms with Gasteiger partial charge in [0.1, 0.15) is 10.6 Å². The molecule has 0 atom stereocenters. The van der Waals surface area contributed by atoms with Crippen LogP contribution in [0, 0.1) is 5.92 Å². The number of nitrogen functional groups attached to an aromatic ring is 1. The highest BCUT2D eigenvalue weighted by molar-refractivity contribution is 7.89. The van der Waals surface area contributed by atoms with Crippen molar-refractivity contribution >= 4 is 15.9 Å². The minimum Gasteiger partial charge on any atom is -0.345 e. The van der Waals surface area contributed by atoms with Crippen LogP contribution >= 0.6 is 0 Å². The van der Waals surface area contributed by atoms with Crippen molar-refractivity contribution in [2.45, 2.75) is 43.5 Å². The third-order valence-corrected chi connectivity index (χ3v) is 5.48. The number of nitrogens with one attached hydrogen (secondary N) is 2. The first-order chi connectivity index (χ1) is 9.83. The highest BCUT2D eigenvalue weighted by Crippen LogP contribution is 2.25. The number of aryl methyl sites for hydroxylation is 1. The van der Waals surface area contributed by atoms with E-state index in [1.165, 1.54) is 16.8 Å². The molecule has 1 fully saturated rings. The molecule has 7 nitrogen and oxygen atoms in total.